The van der Waals surface area contributed by atoms with Crippen molar-refractivity contribution in [3.8, 4) is 0 Å². The number of aliphatic carboxylic acids is 1. The van der Waals surface area contributed by atoms with Crippen molar-refractivity contribution in [1.29, 1.82) is 0 Å². The van der Waals surface area contributed by atoms with Gasteiger partial charge in [0.15, 0.2) is 5.76 Å². The third kappa shape index (κ3) is 3.05. The standard InChI is InChI=1S/C11H14N4O5/c1-6-2-7(20-14-6)3-13-11(19)15-5-9(16)12-4-8(15)10(17)18/h2,8H,3-5H2,1H3,(H,12,16)(H,13,19)(H,17,18). The first-order valence-corrected chi connectivity index (χ1v) is 5.93. The van der Waals surface area contributed by atoms with Gasteiger partial charge in [-0.2, -0.15) is 0 Å². The average molecular weight is 282 g/mol. The highest BCUT2D eigenvalue weighted by Gasteiger charge is 2.35. The number of hydrogen-bond donors (Lipinski definition) is 3. The summed E-state index contributed by atoms with van der Waals surface area (Å²) >= 11 is 0. The highest BCUT2D eigenvalue weighted by molar-refractivity contribution is 5.90. The second-order valence-corrected chi connectivity index (χ2v) is 4.38. The molecule has 0 saturated carbocycles. The molecule has 1 fully saturated rings. The van der Waals surface area contributed by atoms with Gasteiger partial charge in [-0.3, -0.25) is 9.69 Å². The van der Waals surface area contributed by atoms with Gasteiger partial charge in [-0.05, 0) is 6.92 Å². The number of amides is 3. The number of nitrogens with one attached hydrogen (secondary N) is 2. The van der Waals surface area contributed by atoms with Crippen LogP contribution in [-0.4, -0.2) is 52.2 Å². The molecule has 9 nitrogen and oxygen atoms in total. The molecule has 1 aliphatic rings. The summed E-state index contributed by atoms with van der Waals surface area (Å²) in [6.45, 7) is 1.41. The first kappa shape index (κ1) is 13.8. The van der Waals surface area contributed by atoms with Gasteiger partial charge in [0.1, 0.15) is 12.6 Å². The van der Waals surface area contributed by atoms with E-state index in [4.69, 9.17) is 9.63 Å². The summed E-state index contributed by atoms with van der Waals surface area (Å²) in [6.07, 6.45) is 0. The van der Waals surface area contributed by atoms with Gasteiger partial charge in [0.2, 0.25) is 5.91 Å². The molecule has 2 heterocycles. The topological polar surface area (TPSA) is 125 Å². The molecule has 0 spiro atoms. The summed E-state index contributed by atoms with van der Waals surface area (Å²) in [4.78, 5) is 35.2. The van der Waals surface area contributed by atoms with E-state index < -0.39 is 23.9 Å². The number of carbonyl (C=O) groups excluding carboxylic acids is 2. The number of hydrogen-bond acceptors (Lipinski definition) is 5. The Morgan fingerprint density at radius 1 is 1.65 bits per heavy atom. The zero-order valence-electron chi connectivity index (χ0n) is 10.8. The molecule has 1 unspecified atom stereocenters. The molecule has 1 aromatic rings. The number of carboxylic acids is 1. The molecule has 1 aromatic heterocycles. The Labute approximate surface area is 113 Å². The molecule has 0 aliphatic carbocycles. The van der Waals surface area contributed by atoms with Crippen LogP contribution in [0.15, 0.2) is 10.6 Å². The van der Waals surface area contributed by atoms with Gasteiger partial charge in [0.25, 0.3) is 0 Å². The largest absolute Gasteiger partial charge is 0.480 e. The van der Waals surface area contributed by atoms with Crippen LogP contribution in [0.1, 0.15) is 11.5 Å². The highest BCUT2D eigenvalue weighted by Crippen LogP contribution is 2.06. The number of carboxylic acid groups (broad SMARTS) is 1. The number of carbonyl (C=O) groups is 3. The molecule has 1 aliphatic heterocycles. The van der Waals surface area contributed by atoms with Crippen LogP contribution in [0.4, 0.5) is 4.79 Å². The molecule has 3 N–H and O–H groups in total. The van der Waals surface area contributed by atoms with Crippen molar-refractivity contribution in [2.24, 2.45) is 0 Å². The molecule has 20 heavy (non-hydrogen) atoms. The second-order valence-electron chi connectivity index (χ2n) is 4.38. The van der Waals surface area contributed by atoms with E-state index in [-0.39, 0.29) is 19.6 Å². The van der Waals surface area contributed by atoms with Gasteiger partial charge in [0.05, 0.1) is 12.2 Å². The third-order valence-corrected chi connectivity index (χ3v) is 2.82. The van der Waals surface area contributed by atoms with Crippen molar-refractivity contribution in [3.05, 3.63) is 17.5 Å². The molecule has 1 atom stereocenters. The molecule has 3 amide bonds. The molecular formula is C11H14N4O5. The van der Waals surface area contributed by atoms with Crippen molar-refractivity contribution in [2.75, 3.05) is 13.1 Å². The maximum atomic E-state index is 11.9. The van der Waals surface area contributed by atoms with Crippen LogP contribution in [0.2, 0.25) is 0 Å². The number of nitrogens with zero attached hydrogens (tertiary/aromatic N) is 2. The van der Waals surface area contributed by atoms with Gasteiger partial charge in [-0.1, -0.05) is 5.16 Å². The molecule has 0 bridgehead atoms. The molecule has 1 saturated heterocycles. The fraction of sp³-hybridized carbons (Fsp3) is 0.455. The summed E-state index contributed by atoms with van der Waals surface area (Å²) in [5.41, 5.74) is 0.676. The van der Waals surface area contributed by atoms with Gasteiger partial charge >= 0.3 is 12.0 Å². The molecule has 0 aromatic carbocycles. The number of rotatable bonds is 3. The maximum Gasteiger partial charge on any atom is 0.328 e. The maximum absolute atomic E-state index is 11.9. The van der Waals surface area contributed by atoms with Crippen LogP contribution < -0.4 is 10.6 Å². The number of aromatic nitrogens is 1. The first-order chi connectivity index (χ1) is 9.47. The zero-order valence-corrected chi connectivity index (χ0v) is 10.8. The fourth-order valence-electron chi connectivity index (χ4n) is 1.84. The van der Waals surface area contributed by atoms with E-state index in [0.717, 1.165) is 4.90 Å². The van der Waals surface area contributed by atoms with E-state index in [1.54, 1.807) is 13.0 Å². The SMILES string of the molecule is Cc1cc(CNC(=O)N2CC(=O)NCC2C(=O)O)on1. The Hall–Kier alpha value is -2.58. The fourth-order valence-corrected chi connectivity index (χ4v) is 1.84. The van der Waals surface area contributed by atoms with Gasteiger partial charge in [0, 0.05) is 12.6 Å². The van der Waals surface area contributed by atoms with Crippen molar-refractivity contribution < 1.29 is 24.0 Å². The van der Waals surface area contributed by atoms with Crippen LogP contribution in [0, 0.1) is 6.92 Å². The minimum Gasteiger partial charge on any atom is -0.480 e. The predicted octanol–water partition coefficient (Wildman–Crippen LogP) is -0.922. The predicted molar refractivity (Wildman–Crippen MR) is 64.6 cm³/mol. The average Bonchev–Trinajstić information content (AvgIpc) is 2.81. The van der Waals surface area contributed by atoms with E-state index in [1.807, 2.05) is 0 Å². The van der Waals surface area contributed by atoms with Crippen LogP contribution in [-0.2, 0) is 16.1 Å². The summed E-state index contributed by atoms with van der Waals surface area (Å²) < 4.78 is 4.92. The lowest BCUT2D eigenvalue weighted by Crippen LogP contribution is -2.61. The lowest BCUT2D eigenvalue weighted by molar-refractivity contribution is -0.144. The lowest BCUT2D eigenvalue weighted by Gasteiger charge is -2.32. The van der Waals surface area contributed by atoms with Crippen LogP contribution in [0.25, 0.3) is 0 Å². The molecule has 0 radical (unpaired) electrons. The van der Waals surface area contributed by atoms with E-state index in [0.29, 0.717) is 11.5 Å². The zero-order chi connectivity index (χ0) is 14.7. The summed E-state index contributed by atoms with van der Waals surface area (Å²) in [5, 5.41) is 17.6. The van der Waals surface area contributed by atoms with Crippen molar-refractivity contribution >= 4 is 17.9 Å². The monoisotopic (exact) mass is 282 g/mol. The Morgan fingerprint density at radius 3 is 3.00 bits per heavy atom. The van der Waals surface area contributed by atoms with Gasteiger partial charge < -0.3 is 20.3 Å². The van der Waals surface area contributed by atoms with Gasteiger partial charge in [-0.15, -0.1) is 0 Å². The second kappa shape index (κ2) is 5.59. The first-order valence-electron chi connectivity index (χ1n) is 5.93. The lowest BCUT2D eigenvalue weighted by atomic mass is 10.2. The van der Waals surface area contributed by atoms with E-state index >= 15 is 0 Å². The molecular weight excluding hydrogens is 268 g/mol. The smallest absolute Gasteiger partial charge is 0.328 e. The van der Waals surface area contributed by atoms with E-state index in [1.165, 1.54) is 0 Å². The summed E-state index contributed by atoms with van der Waals surface area (Å²) in [5.74, 6) is -1.12. The molecule has 2 rings (SSSR count). The van der Waals surface area contributed by atoms with Crippen molar-refractivity contribution in [1.82, 2.24) is 20.7 Å². The minimum absolute atomic E-state index is 0.0735. The number of aryl methyl sites for hydroxylation is 1. The minimum atomic E-state index is -1.17. The summed E-state index contributed by atoms with van der Waals surface area (Å²) in [7, 11) is 0. The Kier molecular flexibility index (Phi) is 3.87. The Balaban J connectivity index is 1.98. The third-order valence-electron chi connectivity index (χ3n) is 2.82. The van der Waals surface area contributed by atoms with E-state index in [9.17, 15) is 14.4 Å². The van der Waals surface area contributed by atoms with Gasteiger partial charge in [-0.25, -0.2) is 9.59 Å². The van der Waals surface area contributed by atoms with Crippen LogP contribution in [0.5, 0.6) is 0 Å². The van der Waals surface area contributed by atoms with E-state index in [2.05, 4.69) is 15.8 Å². The number of piperazine rings is 1. The Morgan fingerprint density at radius 2 is 2.40 bits per heavy atom. The summed E-state index contributed by atoms with van der Waals surface area (Å²) in [6, 6.07) is -0.0665. The van der Waals surface area contributed by atoms with Crippen molar-refractivity contribution in [3.63, 3.8) is 0 Å². The van der Waals surface area contributed by atoms with Crippen LogP contribution in [0.3, 0.4) is 0 Å². The molecule has 108 valence electrons. The number of urea groups is 1. The highest BCUT2D eigenvalue weighted by atomic mass is 16.5. The van der Waals surface area contributed by atoms with Crippen LogP contribution >= 0.6 is 0 Å². The normalized spacial score (nSPS) is 18.6. The quantitative estimate of drug-likeness (QED) is 0.658. The van der Waals surface area contributed by atoms with Crippen molar-refractivity contribution in [2.45, 2.75) is 19.5 Å². The Bertz CT molecular complexity index is 541. The molecule has 9 heteroatoms.